The highest BCUT2D eigenvalue weighted by molar-refractivity contribution is 5.82. The third-order valence-corrected chi connectivity index (χ3v) is 5.81. The van der Waals surface area contributed by atoms with E-state index in [0.29, 0.717) is 19.6 Å². The molecule has 2 aromatic rings. The maximum atomic E-state index is 13.1. The Balaban J connectivity index is 1.48. The predicted molar refractivity (Wildman–Crippen MR) is 117 cm³/mol. The number of anilines is 1. The number of nitrogens with one attached hydrogen (secondary N) is 1. The third kappa shape index (κ3) is 5.81. The summed E-state index contributed by atoms with van der Waals surface area (Å²) in [6, 6.07) is 16.2. The van der Waals surface area contributed by atoms with Crippen LogP contribution in [0.3, 0.4) is 0 Å². The predicted octanol–water partition coefficient (Wildman–Crippen LogP) is 3.25. The molecule has 2 aromatic carbocycles. The van der Waals surface area contributed by atoms with E-state index in [4.69, 9.17) is 0 Å². The Morgan fingerprint density at radius 3 is 2.57 bits per heavy atom. The molecule has 3 rings (SSSR count). The van der Waals surface area contributed by atoms with Gasteiger partial charge in [0.25, 0.3) is 0 Å². The largest absolute Gasteiger partial charge is 0.370 e. The summed E-state index contributed by atoms with van der Waals surface area (Å²) in [4.78, 5) is 29.2. The summed E-state index contributed by atoms with van der Waals surface area (Å²) in [5.74, 6) is -0.517. The Labute approximate surface area is 177 Å². The van der Waals surface area contributed by atoms with Crippen molar-refractivity contribution in [3.8, 4) is 0 Å². The molecule has 2 unspecified atom stereocenters. The number of benzene rings is 2. The molecule has 1 aliphatic heterocycles. The quantitative estimate of drug-likeness (QED) is 0.761. The molecule has 2 amide bonds. The standard InChI is InChI=1S/C24H30FN3O2/c1-18(27(2)22-8-4-3-5-9-22)16-26-24(30)20-7-6-14-28(17-20)23(29)15-19-10-12-21(25)13-11-19/h3-5,8-13,18,20H,6-7,14-17H2,1-2H3,(H,26,30). The fourth-order valence-corrected chi connectivity index (χ4v) is 3.75. The number of halogens is 1. The highest BCUT2D eigenvalue weighted by Gasteiger charge is 2.28. The van der Waals surface area contributed by atoms with E-state index in [1.807, 2.05) is 37.4 Å². The minimum absolute atomic E-state index is 0.00240. The van der Waals surface area contributed by atoms with Gasteiger partial charge in [-0.15, -0.1) is 0 Å². The van der Waals surface area contributed by atoms with Gasteiger partial charge in [0.15, 0.2) is 0 Å². The van der Waals surface area contributed by atoms with E-state index in [9.17, 15) is 14.0 Å². The normalized spacial score (nSPS) is 17.3. The summed E-state index contributed by atoms with van der Waals surface area (Å²) in [6.45, 7) is 3.72. The van der Waals surface area contributed by atoms with Crippen molar-refractivity contribution in [3.05, 3.63) is 66.0 Å². The molecule has 6 heteroatoms. The monoisotopic (exact) mass is 411 g/mol. The fraction of sp³-hybridized carbons (Fsp3) is 0.417. The van der Waals surface area contributed by atoms with E-state index < -0.39 is 0 Å². The molecular weight excluding hydrogens is 381 g/mol. The number of likely N-dealkylation sites (tertiary alicyclic amines) is 1. The first-order chi connectivity index (χ1) is 14.4. The van der Waals surface area contributed by atoms with Gasteiger partial charge in [-0.2, -0.15) is 0 Å². The zero-order valence-corrected chi connectivity index (χ0v) is 17.7. The van der Waals surface area contributed by atoms with Crippen molar-refractivity contribution in [3.63, 3.8) is 0 Å². The van der Waals surface area contributed by atoms with Crippen LogP contribution in [0.4, 0.5) is 10.1 Å². The summed E-state index contributed by atoms with van der Waals surface area (Å²) in [5.41, 5.74) is 1.89. The summed E-state index contributed by atoms with van der Waals surface area (Å²) >= 11 is 0. The first-order valence-electron chi connectivity index (χ1n) is 10.5. The third-order valence-electron chi connectivity index (χ3n) is 5.81. The number of carbonyl (C=O) groups excluding carboxylic acids is 2. The van der Waals surface area contributed by atoms with Crippen molar-refractivity contribution in [2.45, 2.75) is 32.2 Å². The lowest BCUT2D eigenvalue weighted by atomic mass is 9.96. The molecule has 0 radical (unpaired) electrons. The number of rotatable bonds is 7. The first-order valence-corrected chi connectivity index (χ1v) is 10.5. The van der Waals surface area contributed by atoms with Crippen LogP contribution in [0.15, 0.2) is 54.6 Å². The molecule has 160 valence electrons. The van der Waals surface area contributed by atoms with E-state index in [1.54, 1.807) is 17.0 Å². The van der Waals surface area contributed by atoms with Crippen molar-refractivity contribution in [2.75, 3.05) is 31.6 Å². The summed E-state index contributed by atoms with van der Waals surface area (Å²) < 4.78 is 13.1. The van der Waals surface area contributed by atoms with Gasteiger partial charge >= 0.3 is 0 Å². The van der Waals surface area contributed by atoms with Gasteiger partial charge in [0.05, 0.1) is 12.3 Å². The molecule has 5 nitrogen and oxygen atoms in total. The van der Waals surface area contributed by atoms with Crippen LogP contribution >= 0.6 is 0 Å². The van der Waals surface area contributed by atoms with Crippen LogP contribution in [0, 0.1) is 11.7 Å². The maximum Gasteiger partial charge on any atom is 0.227 e. The van der Waals surface area contributed by atoms with Crippen LogP contribution in [0.5, 0.6) is 0 Å². The van der Waals surface area contributed by atoms with Crippen LogP contribution < -0.4 is 10.2 Å². The lowest BCUT2D eigenvalue weighted by Gasteiger charge is -2.33. The maximum absolute atomic E-state index is 13.1. The average molecular weight is 412 g/mol. The fourth-order valence-electron chi connectivity index (χ4n) is 3.75. The smallest absolute Gasteiger partial charge is 0.227 e. The van der Waals surface area contributed by atoms with E-state index in [-0.39, 0.29) is 36.0 Å². The number of carbonyl (C=O) groups is 2. The summed E-state index contributed by atoms with van der Waals surface area (Å²) in [7, 11) is 2.02. The molecular formula is C24H30FN3O2. The van der Waals surface area contributed by atoms with Crippen molar-refractivity contribution < 1.29 is 14.0 Å². The number of hydrogen-bond donors (Lipinski definition) is 1. The molecule has 1 N–H and O–H groups in total. The average Bonchev–Trinajstić information content (AvgIpc) is 2.78. The van der Waals surface area contributed by atoms with Gasteiger partial charge < -0.3 is 15.1 Å². The number of piperidine rings is 1. The molecule has 1 heterocycles. The van der Waals surface area contributed by atoms with Crippen LogP contribution in [0.2, 0.25) is 0 Å². The van der Waals surface area contributed by atoms with Gasteiger partial charge in [-0.3, -0.25) is 9.59 Å². The van der Waals surface area contributed by atoms with Crippen molar-refractivity contribution >= 4 is 17.5 Å². The Morgan fingerprint density at radius 1 is 1.17 bits per heavy atom. The highest BCUT2D eigenvalue weighted by atomic mass is 19.1. The van der Waals surface area contributed by atoms with E-state index in [0.717, 1.165) is 24.1 Å². The second-order valence-corrected chi connectivity index (χ2v) is 8.02. The van der Waals surface area contributed by atoms with Crippen LogP contribution in [0.25, 0.3) is 0 Å². The van der Waals surface area contributed by atoms with Gasteiger partial charge in [0, 0.05) is 38.4 Å². The first kappa shape index (κ1) is 21.8. The van der Waals surface area contributed by atoms with Gasteiger partial charge in [-0.05, 0) is 49.6 Å². The van der Waals surface area contributed by atoms with Crippen LogP contribution in [-0.4, -0.2) is 49.4 Å². The Bertz CT molecular complexity index is 841. The molecule has 2 atom stereocenters. The molecule has 0 saturated carbocycles. The van der Waals surface area contributed by atoms with Crippen LogP contribution in [-0.2, 0) is 16.0 Å². The SMILES string of the molecule is CC(CNC(=O)C1CCCN(C(=O)Cc2ccc(F)cc2)C1)N(C)c1ccccc1. The summed E-state index contributed by atoms with van der Waals surface area (Å²) in [5, 5.41) is 3.06. The molecule has 1 aliphatic rings. The van der Waals surface area contributed by atoms with Crippen molar-refractivity contribution in [2.24, 2.45) is 5.92 Å². The topological polar surface area (TPSA) is 52.7 Å². The molecule has 0 bridgehead atoms. The van der Waals surface area contributed by atoms with Crippen molar-refractivity contribution in [1.82, 2.24) is 10.2 Å². The molecule has 1 fully saturated rings. The summed E-state index contributed by atoms with van der Waals surface area (Å²) in [6.07, 6.45) is 1.83. The lowest BCUT2D eigenvalue weighted by Crippen LogP contribution is -2.48. The van der Waals surface area contributed by atoms with E-state index >= 15 is 0 Å². The molecule has 0 aromatic heterocycles. The van der Waals surface area contributed by atoms with Gasteiger partial charge in [0.2, 0.25) is 11.8 Å². The van der Waals surface area contributed by atoms with Gasteiger partial charge in [0.1, 0.15) is 5.82 Å². The minimum Gasteiger partial charge on any atom is -0.370 e. The van der Waals surface area contributed by atoms with Gasteiger partial charge in [-0.1, -0.05) is 30.3 Å². The van der Waals surface area contributed by atoms with Gasteiger partial charge in [-0.25, -0.2) is 4.39 Å². The molecule has 0 spiro atoms. The number of nitrogens with zero attached hydrogens (tertiary/aromatic N) is 2. The van der Waals surface area contributed by atoms with Crippen molar-refractivity contribution in [1.29, 1.82) is 0 Å². The molecule has 1 saturated heterocycles. The number of hydrogen-bond acceptors (Lipinski definition) is 3. The Hall–Kier alpha value is -2.89. The van der Waals surface area contributed by atoms with E-state index in [1.165, 1.54) is 12.1 Å². The second-order valence-electron chi connectivity index (χ2n) is 8.02. The minimum atomic E-state index is -0.312. The lowest BCUT2D eigenvalue weighted by molar-refractivity contribution is -0.135. The zero-order valence-electron chi connectivity index (χ0n) is 17.7. The molecule has 0 aliphatic carbocycles. The second kappa shape index (κ2) is 10.2. The Kier molecular flexibility index (Phi) is 7.44. The molecule has 30 heavy (non-hydrogen) atoms. The number of para-hydroxylation sites is 1. The zero-order chi connectivity index (χ0) is 21.5. The van der Waals surface area contributed by atoms with Crippen LogP contribution in [0.1, 0.15) is 25.3 Å². The number of amides is 2. The number of likely N-dealkylation sites (N-methyl/N-ethyl adjacent to an activating group) is 1. The highest BCUT2D eigenvalue weighted by Crippen LogP contribution is 2.19. The Morgan fingerprint density at radius 2 is 1.87 bits per heavy atom. The van der Waals surface area contributed by atoms with E-state index in [2.05, 4.69) is 17.1 Å².